The predicted molar refractivity (Wildman–Crippen MR) is 125 cm³/mol. The number of rotatable bonds is 4. The molecule has 4 N–H and O–H groups in total. The Bertz CT molecular complexity index is 1170. The van der Waals surface area contributed by atoms with Gasteiger partial charge in [0.1, 0.15) is 14.8 Å². The van der Waals surface area contributed by atoms with Gasteiger partial charge in [0.05, 0.1) is 17.6 Å². The van der Waals surface area contributed by atoms with Gasteiger partial charge in [0.15, 0.2) is 0 Å². The fraction of sp³-hybridized carbons (Fsp3) is 0.318. The van der Waals surface area contributed by atoms with Crippen LogP contribution >= 0.6 is 11.3 Å². The largest absolute Gasteiger partial charge is 0.383 e. The molecule has 0 radical (unpaired) electrons. The van der Waals surface area contributed by atoms with Gasteiger partial charge in [-0.3, -0.25) is 10.1 Å². The predicted octanol–water partition coefficient (Wildman–Crippen LogP) is 4.50. The molecular formula is C22H25N5O2S2. The van der Waals surface area contributed by atoms with Crippen LogP contribution in [0.3, 0.4) is 0 Å². The lowest BCUT2D eigenvalue weighted by Gasteiger charge is -2.16. The highest BCUT2D eigenvalue weighted by molar-refractivity contribution is 7.87. The number of hydrogen-bond acceptors (Lipinski definition) is 5. The first-order chi connectivity index (χ1) is 14.7. The average molecular weight is 456 g/mol. The number of carbonyl (C=O) groups excluding carboxylic acids is 1. The zero-order valence-electron chi connectivity index (χ0n) is 17.7. The summed E-state index contributed by atoms with van der Waals surface area (Å²) in [5.74, 6) is 0. The normalized spacial score (nSPS) is 14.5. The Morgan fingerprint density at radius 1 is 1.29 bits per heavy atom. The van der Waals surface area contributed by atoms with Crippen molar-refractivity contribution in [3.63, 3.8) is 0 Å². The van der Waals surface area contributed by atoms with Crippen LogP contribution in [0.1, 0.15) is 42.1 Å². The lowest BCUT2D eigenvalue weighted by molar-refractivity contribution is 0.0783. The van der Waals surface area contributed by atoms with Crippen molar-refractivity contribution in [1.82, 2.24) is 9.97 Å². The van der Waals surface area contributed by atoms with Crippen LogP contribution in [0, 0.1) is 6.92 Å². The fourth-order valence-corrected chi connectivity index (χ4v) is 5.45. The first kappa shape index (κ1) is 21.8. The van der Waals surface area contributed by atoms with Crippen molar-refractivity contribution in [2.45, 2.75) is 49.8 Å². The van der Waals surface area contributed by atoms with Crippen LogP contribution in [-0.2, 0) is 29.3 Å². The molecule has 0 fully saturated rings. The van der Waals surface area contributed by atoms with Gasteiger partial charge in [0.2, 0.25) is 0 Å². The Morgan fingerprint density at radius 2 is 2.03 bits per heavy atom. The molecule has 31 heavy (non-hydrogen) atoms. The number of fused-ring (bicyclic) bond motifs is 1. The molecule has 0 bridgehead atoms. The third-order valence-corrected chi connectivity index (χ3v) is 7.89. The second kappa shape index (κ2) is 8.58. The maximum Gasteiger partial charge on any atom is 0.352 e. The average Bonchev–Trinajstić information content (AvgIpc) is 3.40. The van der Waals surface area contributed by atoms with Crippen LogP contribution < -0.4 is 10.5 Å². The minimum atomic E-state index is -1.16. The summed E-state index contributed by atoms with van der Waals surface area (Å²) in [6.07, 6.45) is 4.37. The highest BCUT2D eigenvalue weighted by Gasteiger charge is 2.24. The lowest BCUT2D eigenvalue weighted by Crippen LogP contribution is -2.15. The van der Waals surface area contributed by atoms with Crippen LogP contribution in [0.15, 0.2) is 45.1 Å². The van der Waals surface area contributed by atoms with E-state index in [4.69, 9.17) is 10.1 Å². The number of nitrogens with zero attached hydrogens (tertiary/aromatic N) is 3. The molecule has 0 saturated heterocycles. The Balaban J connectivity index is 1.64. The highest BCUT2D eigenvalue weighted by atomic mass is 32.2. The number of benzene rings is 1. The van der Waals surface area contributed by atoms with Gasteiger partial charge < -0.3 is 10.4 Å². The molecule has 4 rings (SSSR count). The summed E-state index contributed by atoms with van der Waals surface area (Å²) in [7, 11) is -1.16. The summed E-state index contributed by atoms with van der Waals surface area (Å²) in [6.45, 7) is 5.29. The van der Waals surface area contributed by atoms with E-state index in [1.807, 2.05) is 37.3 Å². The van der Waals surface area contributed by atoms with Crippen LogP contribution in [0.2, 0.25) is 0 Å². The van der Waals surface area contributed by atoms with E-state index in [1.54, 1.807) is 20.0 Å². The minimum Gasteiger partial charge on any atom is -0.383 e. The Morgan fingerprint density at radius 3 is 2.71 bits per heavy atom. The van der Waals surface area contributed by atoms with Crippen molar-refractivity contribution in [3.05, 3.63) is 58.4 Å². The van der Waals surface area contributed by atoms with E-state index in [1.165, 1.54) is 11.3 Å². The fourth-order valence-electron chi connectivity index (χ4n) is 3.63. The van der Waals surface area contributed by atoms with Crippen LogP contribution in [0.5, 0.6) is 0 Å². The molecule has 1 aliphatic rings. The summed E-state index contributed by atoms with van der Waals surface area (Å²) in [4.78, 5) is 21.9. The third kappa shape index (κ3) is 4.59. The summed E-state index contributed by atoms with van der Waals surface area (Å²) < 4.78 is 4.78. The molecule has 3 aromatic rings. The highest BCUT2D eigenvalue weighted by Crippen LogP contribution is 2.36. The van der Waals surface area contributed by atoms with E-state index in [0.29, 0.717) is 9.22 Å². The van der Waals surface area contributed by atoms with Gasteiger partial charge in [0, 0.05) is 22.1 Å². The Kier molecular flexibility index (Phi) is 6.02. The summed E-state index contributed by atoms with van der Waals surface area (Å²) in [5, 5.41) is 19.8. The number of thiazole rings is 1. The molecule has 0 aliphatic heterocycles. The van der Waals surface area contributed by atoms with Gasteiger partial charge >= 0.3 is 6.03 Å². The quantitative estimate of drug-likeness (QED) is 0.536. The van der Waals surface area contributed by atoms with Crippen molar-refractivity contribution in [2.24, 2.45) is 9.50 Å². The second-order valence-corrected chi connectivity index (χ2v) is 10.5. The first-order valence-corrected chi connectivity index (χ1v) is 12.1. The molecule has 2 heterocycles. The van der Waals surface area contributed by atoms with Crippen molar-refractivity contribution >= 4 is 33.9 Å². The van der Waals surface area contributed by atoms with Gasteiger partial charge in [-0.2, -0.15) is 4.36 Å². The summed E-state index contributed by atoms with van der Waals surface area (Å²) in [6, 6.07) is 9.48. The van der Waals surface area contributed by atoms with E-state index in [9.17, 15) is 9.90 Å². The van der Waals surface area contributed by atoms with Crippen molar-refractivity contribution < 1.29 is 9.90 Å². The standard InChI is InChI=1S/C22H25N5O2S2/c1-13-18(14-8-5-4-6-9-14)25-16-11-7-10-15(16)19(13)26-21(28)27-31(23)17-12-24-20(30-17)22(2,3)29/h4-6,8-9,12,29H,7,10-11H2,1-3H3,(H3,23,25,26,27,28). The van der Waals surface area contributed by atoms with E-state index in [-0.39, 0.29) is 0 Å². The van der Waals surface area contributed by atoms with Gasteiger partial charge in [-0.1, -0.05) is 30.3 Å². The van der Waals surface area contributed by atoms with Crippen LogP contribution in [-0.4, -0.2) is 21.1 Å². The van der Waals surface area contributed by atoms with E-state index < -0.39 is 22.5 Å². The molecule has 0 saturated carbocycles. The molecule has 1 atom stereocenters. The number of carbonyl (C=O) groups is 1. The molecule has 0 spiro atoms. The zero-order chi connectivity index (χ0) is 22.2. The maximum absolute atomic E-state index is 12.8. The number of hydrogen-bond donors (Lipinski definition) is 3. The minimum absolute atomic E-state index is 0.494. The number of aliphatic hydroxyl groups is 1. The Labute approximate surface area is 188 Å². The van der Waals surface area contributed by atoms with E-state index in [2.05, 4.69) is 14.7 Å². The molecule has 2 amide bonds. The number of aryl methyl sites for hydroxylation is 1. The summed E-state index contributed by atoms with van der Waals surface area (Å²) >= 11 is 1.26. The Hall–Kier alpha value is -2.46. The first-order valence-electron chi connectivity index (χ1n) is 10.0. The topological polar surface area (TPSA) is 113 Å². The number of urea groups is 1. The zero-order valence-corrected chi connectivity index (χ0v) is 19.3. The monoisotopic (exact) mass is 455 g/mol. The smallest absolute Gasteiger partial charge is 0.352 e. The van der Waals surface area contributed by atoms with Crippen molar-refractivity contribution in [1.29, 1.82) is 0 Å². The third-order valence-electron chi connectivity index (χ3n) is 5.14. The van der Waals surface area contributed by atoms with Gasteiger partial charge in [-0.25, -0.2) is 9.78 Å². The molecule has 9 heteroatoms. The second-order valence-electron chi connectivity index (χ2n) is 7.98. The SMILES string of the molecule is Cc1c(-c2ccccc2)nc2c(c1NC(=O)/N=S(\N)c1cnc(C(C)(C)O)s1)CCC2. The molecule has 162 valence electrons. The molecular weight excluding hydrogens is 430 g/mol. The van der Waals surface area contributed by atoms with Gasteiger partial charge in [0.25, 0.3) is 0 Å². The van der Waals surface area contributed by atoms with E-state index in [0.717, 1.165) is 53.0 Å². The number of nitrogens with two attached hydrogens (primary N) is 1. The molecule has 7 nitrogen and oxygen atoms in total. The number of amides is 2. The molecule has 1 aromatic carbocycles. The van der Waals surface area contributed by atoms with Gasteiger partial charge in [-0.15, -0.1) is 11.3 Å². The molecule has 1 unspecified atom stereocenters. The number of pyridine rings is 1. The van der Waals surface area contributed by atoms with Gasteiger partial charge in [-0.05, 0) is 51.2 Å². The number of nitrogens with one attached hydrogen (secondary N) is 1. The number of anilines is 1. The van der Waals surface area contributed by atoms with Crippen molar-refractivity contribution in [3.8, 4) is 11.3 Å². The van der Waals surface area contributed by atoms with Crippen molar-refractivity contribution in [2.75, 3.05) is 5.32 Å². The maximum atomic E-state index is 12.8. The molecule has 2 aromatic heterocycles. The summed E-state index contributed by atoms with van der Waals surface area (Å²) in [5.41, 5.74) is 4.66. The number of aromatic nitrogens is 2. The van der Waals surface area contributed by atoms with E-state index >= 15 is 0 Å². The van der Waals surface area contributed by atoms with Crippen LogP contribution in [0.4, 0.5) is 10.5 Å². The molecule has 1 aliphatic carbocycles. The lowest BCUT2D eigenvalue weighted by atomic mass is 10.0. The van der Waals surface area contributed by atoms with Crippen LogP contribution in [0.25, 0.3) is 11.3 Å².